The number of hydrogen-bond acceptors (Lipinski definition) is 0. The molecule has 60 valence electrons. The minimum absolute atomic E-state index is 0.351. The van der Waals surface area contributed by atoms with Gasteiger partial charge in [-0.15, -0.1) is 6.32 Å². The van der Waals surface area contributed by atoms with Gasteiger partial charge >= 0.3 is 0 Å². The molecule has 0 radical (unpaired) electrons. The molecule has 1 nitrogen and oxygen atoms in total. The van der Waals surface area contributed by atoms with Crippen molar-refractivity contribution >= 4 is 7.41 Å². The Balaban J connectivity index is 2.39. The lowest BCUT2D eigenvalue weighted by Gasteiger charge is -2.42. The van der Waals surface area contributed by atoms with Crippen LogP contribution in [-0.2, 0) is 0 Å². The third-order valence-electron chi connectivity index (χ3n) is 3.11. The zero-order chi connectivity index (χ0) is 7.61. The van der Waals surface area contributed by atoms with Gasteiger partial charge in [0.05, 0.1) is 0 Å². The fourth-order valence-electron chi connectivity index (χ4n) is 2.20. The van der Waals surface area contributed by atoms with Gasteiger partial charge < -0.3 is 4.81 Å². The molecular weight excluding hydrogens is 121 g/mol. The van der Waals surface area contributed by atoms with Crippen molar-refractivity contribution in [2.75, 3.05) is 6.54 Å². The minimum atomic E-state index is 0.351. The van der Waals surface area contributed by atoms with Crippen LogP contribution in [0.25, 0.3) is 0 Å². The van der Waals surface area contributed by atoms with E-state index in [2.05, 4.69) is 20.8 Å². The predicted octanol–water partition coefficient (Wildman–Crippen LogP) is -0.0343. The fourth-order valence-corrected chi connectivity index (χ4v) is 2.20. The van der Waals surface area contributed by atoms with E-state index >= 15 is 0 Å². The summed E-state index contributed by atoms with van der Waals surface area (Å²) in [7, 11) is 0.351. The Morgan fingerprint density at radius 1 is 1.20 bits per heavy atom. The van der Waals surface area contributed by atoms with Crippen LogP contribution in [0.3, 0.4) is 0 Å². The molecule has 0 saturated carbocycles. The maximum atomic E-state index is 2.37. The molecule has 0 aromatic heterocycles. The van der Waals surface area contributed by atoms with Crippen LogP contribution in [0.1, 0.15) is 33.6 Å². The van der Waals surface area contributed by atoms with Crippen molar-refractivity contribution in [3.8, 4) is 0 Å². The van der Waals surface area contributed by atoms with Crippen LogP contribution in [0.2, 0.25) is 6.32 Å². The zero-order valence-electron chi connectivity index (χ0n) is 7.83. The molecule has 1 N–H and O–H groups in total. The molecule has 1 rings (SSSR count). The summed E-state index contributed by atoms with van der Waals surface area (Å²) in [6.07, 6.45) is 4.54. The second-order valence-electron chi connectivity index (χ2n) is 4.84. The van der Waals surface area contributed by atoms with Crippen molar-refractivity contribution in [1.29, 1.82) is 0 Å². The van der Waals surface area contributed by atoms with Crippen LogP contribution in [0.5, 0.6) is 0 Å². The van der Waals surface area contributed by atoms with Crippen LogP contribution in [-0.4, -0.2) is 19.5 Å². The molecule has 1 unspecified atom stereocenters. The fraction of sp³-hybridized carbons (Fsp3) is 1.00. The van der Waals surface area contributed by atoms with E-state index in [1.54, 1.807) is 6.32 Å². The second-order valence-corrected chi connectivity index (χ2v) is 4.84. The van der Waals surface area contributed by atoms with Crippen molar-refractivity contribution in [3.63, 3.8) is 0 Å². The van der Waals surface area contributed by atoms with Crippen molar-refractivity contribution in [2.24, 2.45) is 0 Å². The van der Waals surface area contributed by atoms with Crippen molar-refractivity contribution < 1.29 is 4.81 Å². The first-order chi connectivity index (χ1) is 4.61. The van der Waals surface area contributed by atoms with E-state index < -0.39 is 0 Å². The molecule has 1 atom stereocenters. The first kappa shape index (κ1) is 8.12. The lowest BCUT2D eigenvalue weighted by Crippen LogP contribution is -3.21. The molecule has 1 saturated heterocycles. The SMILES string of the molecule is CC(C)(C)[NH+]1[BH2-]CCCC1. The Bertz CT molecular complexity index is 100. The smallest absolute Gasteiger partial charge is 0.181 e. The highest BCUT2D eigenvalue weighted by molar-refractivity contribution is 6.24. The Labute approximate surface area is 65.1 Å². The van der Waals surface area contributed by atoms with Gasteiger partial charge in [0.25, 0.3) is 0 Å². The third kappa shape index (κ3) is 2.01. The van der Waals surface area contributed by atoms with Gasteiger partial charge in [-0.25, -0.2) is 0 Å². The van der Waals surface area contributed by atoms with E-state index in [0.29, 0.717) is 13.0 Å². The molecule has 1 fully saturated rings. The van der Waals surface area contributed by atoms with E-state index in [1.807, 2.05) is 4.81 Å². The largest absolute Gasteiger partial charge is 0.526 e. The molecule has 1 heterocycles. The summed E-state index contributed by atoms with van der Waals surface area (Å²) in [4.78, 5) is 1.92. The molecule has 0 aromatic rings. The Morgan fingerprint density at radius 3 is 2.20 bits per heavy atom. The normalized spacial score (nSPS) is 28.5. The van der Waals surface area contributed by atoms with E-state index in [1.165, 1.54) is 19.4 Å². The van der Waals surface area contributed by atoms with Crippen LogP contribution >= 0.6 is 0 Å². The van der Waals surface area contributed by atoms with Crippen LogP contribution in [0.4, 0.5) is 0 Å². The maximum absolute atomic E-state index is 2.37. The summed E-state index contributed by atoms with van der Waals surface area (Å²) in [6, 6.07) is 0. The van der Waals surface area contributed by atoms with Crippen LogP contribution < -0.4 is 4.81 Å². The molecular formula is C8H20BN. The standard InChI is InChI=1S/C8H20BN/c1-8(2,3)10-7-5-4-6-9-10/h10H,4-7,9H2,1-3H3. The van der Waals surface area contributed by atoms with Crippen molar-refractivity contribution in [1.82, 2.24) is 0 Å². The molecule has 1 aliphatic rings. The quantitative estimate of drug-likeness (QED) is 0.452. The van der Waals surface area contributed by atoms with E-state index in [-0.39, 0.29) is 0 Å². The average Bonchev–Trinajstić information content (AvgIpc) is 1.88. The summed E-state index contributed by atoms with van der Waals surface area (Å²) in [5, 5.41) is 0. The average molecular weight is 141 g/mol. The van der Waals surface area contributed by atoms with Crippen LogP contribution in [0, 0.1) is 0 Å². The summed E-state index contributed by atoms with van der Waals surface area (Å²) in [5.74, 6) is 0. The molecule has 0 aromatic carbocycles. The molecule has 0 spiro atoms. The van der Waals surface area contributed by atoms with Gasteiger partial charge in [0.2, 0.25) is 0 Å². The highest BCUT2D eigenvalue weighted by Crippen LogP contribution is 2.00. The highest BCUT2D eigenvalue weighted by atomic mass is 15.1. The second kappa shape index (κ2) is 2.95. The Hall–Kier alpha value is 0.0249. The lowest BCUT2D eigenvalue weighted by atomic mass is 9.76. The number of rotatable bonds is 0. The summed E-state index contributed by atoms with van der Waals surface area (Å²) >= 11 is 0. The maximum Gasteiger partial charge on any atom is 0.181 e. The lowest BCUT2D eigenvalue weighted by molar-refractivity contribution is -0.841. The number of nitrogens with one attached hydrogen (secondary N) is 1. The first-order valence-electron chi connectivity index (χ1n) is 4.81. The third-order valence-corrected chi connectivity index (χ3v) is 3.11. The van der Waals surface area contributed by atoms with Gasteiger partial charge in [-0.1, -0.05) is 6.42 Å². The highest BCUT2D eigenvalue weighted by Gasteiger charge is 2.20. The van der Waals surface area contributed by atoms with Crippen LogP contribution in [0.15, 0.2) is 0 Å². The molecule has 1 aliphatic heterocycles. The van der Waals surface area contributed by atoms with E-state index in [9.17, 15) is 0 Å². The van der Waals surface area contributed by atoms with E-state index in [0.717, 1.165) is 0 Å². The van der Waals surface area contributed by atoms with Gasteiger partial charge in [0, 0.05) is 12.1 Å². The van der Waals surface area contributed by atoms with Crippen molar-refractivity contribution in [2.45, 2.75) is 45.5 Å². The number of quaternary nitrogens is 1. The number of hydrogen-bond donors (Lipinski definition) is 1. The summed E-state index contributed by atoms with van der Waals surface area (Å²) in [5.41, 5.74) is 0.542. The Kier molecular flexibility index (Phi) is 2.40. The minimum Gasteiger partial charge on any atom is -0.526 e. The van der Waals surface area contributed by atoms with Gasteiger partial charge in [0.1, 0.15) is 0 Å². The van der Waals surface area contributed by atoms with E-state index in [4.69, 9.17) is 0 Å². The monoisotopic (exact) mass is 141 g/mol. The predicted molar refractivity (Wildman–Crippen MR) is 48.2 cm³/mol. The molecule has 0 bridgehead atoms. The molecule has 10 heavy (non-hydrogen) atoms. The topological polar surface area (TPSA) is 4.44 Å². The summed E-state index contributed by atoms with van der Waals surface area (Å²) in [6.45, 7) is 8.56. The first-order valence-corrected chi connectivity index (χ1v) is 4.81. The van der Waals surface area contributed by atoms with Gasteiger partial charge in [-0.3, -0.25) is 0 Å². The summed E-state index contributed by atoms with van der Waals surface area (Å²) < 4.78 is 0. The molecule has 0 aliphatic carbocycles. The van der Waals surface area contributed by atoms with Gasteiger partial charge in [-0.2, -0.15) is 0 Å². The Morgan fingerprint density at radius 2 is 1.90 bits per heavy atom. The molecule has 0 amide bonds. The van der Waals surface area contributed by atoms with Gasteiger partial charge in [0.15, 0.2) is 7.41 Å². The van der Waals surface area contributed by atoms with Crippen molar-refractivity contribution in [3.05, 3.63) is 0 Å². The molecule has 2 heteroatoms. The van der Waals surface area contributed by atoms with Gasteiger partial charge in [-0.05, 0) is 27.2 Å². The zero-order valence-corrected chi connectivity index (χ0v) is 7.83.